The molecule has 0 bridgehead atoms. The average Bonchev–Trinajstić information content (AvgIpc) is 2.77. The predicted octanol–water partition coefficient (Wildman–Crippen LogP) is 2.40. The summed E-state index contributed by atoms with van der Waals surface area (Å²) in [6, 6.07) is 0. The van der Waals surface area contributed by atoms with E-state index in [9.17, 15) is 0 Å². The van der Waals surface area contributed by atoms with Crippen LogP contribution >= 0.6 is 0 Å². The molecule has 0 unspecified atom stereocenters. The molecule has 96 valence electrons. The molecule has 0 aliphatic rings. The van der Waals surface area contributed by atoms with Gasteiger partial charge in [-0.2, -0.15) is 4.57 Å². The zero-order valence-electron chi connectivity index (χ0n) is 12.2. The lowest BCUT2D eigenvalue weighted by molar-refractivity contribution is -0.667. The maximum Gasteiger partial charge on any atom is 0.252 e. The van der Waals surface area contributed by atoms with Crippen LogP contribution < -0.4 is 4.57 Å². The van der Waals surface area contributed by atoms with E-state index in [1.165, 1.54) is 28.1 Å². The first-order valence-electron chi connectivity index (χ1n) is 6.45. The van der Waals surface area contributed by atoms with Crippen LogP contribution in [0.4, 0.5) is 0 Å². The highest BCUT2D eigenvalue weighted by Gasteiger charge is 2.25. The summed E-state index contributed by atoms with van der Waals surface area (Å²) in [7, 11) is 4.18. The Balaban J connectivity index is 2.86. The molecule has 18 heavy (non-hydrogen) atoms. The van der Waals surface area contributed by atoms with E-state index in [4.69, 9.17) is 0 Å². The molecule has 2 aromatic rings. The summed E-state index contributed by atoms with van der Waals surface area (Å²) < 4.78 is 4.35. The minimum Gasteiger partial charge on any atom is -0.329 e. The third-order valence-corrected chi connectivity index (χ3v) is 4.07. The summed E-state index contributed by atoms with van der Waals surface area (Å²) in [5, 5.41) is 0. The summed E-state index contributed by atoms with van der Waals surface area (Å²) in [5.41, 5.74) is 6.72. The van der Waals surface area contributed by atoms with Gasteiger partial charge in [-0.1, -0.05) is 6.92 Å². The molecule has 0 aliphatic heterocycles. The van der Waals surface area contributed by atoms with E-state index in [0.29, 0.717) is 0 Å². The first-order valence-corrected chi connectivity index (χ1v) is 6.45. The largest absolute Gasteiger partial charge is 0.329 e. The number of hydrogen-bond acceptors (Lipinski definition) is 1. The maximum absolute atomic E-state index is 4.51. The number of imidazole rings is 1. The second-order valence-corrected chi connectivity index (χ2v) is 4.94. The van der Waals surface area contributed by atoms with Crippen LogP contribution in [-0.4, -0.2) is 9.55 Å². The SMILES string of the molecule is CCc1c(C)c(C)c(C)[n+](C)c1-c1nccn1C. The second kappa shape index (κ2) is 4.56. The van der Waals surface area contributed by atoms with E-state index < -0.39 is 0 Å². The molecule has 0 saturated carbocycles. The molecule has 2 aromatic heterocycles. The van der Waals surface area contributed by atoms with Crippen molar-refractivity contribution in [1.29, 1.82) is 0 Å². The number of aryl methyl sites for hydroxylation is 1. The zero-order valence-corrected chi connectivity index (χ0v) is 12.2. The topological polar surface area (TPSA) is 21.7 Å². The Bertz CT molecular complexity index is 594. The zero-order chi connectivity index (χ0) is 13.4. The molecule has 0 radical (unpaired) electrons. The van der Waals surface area contributed by atoms with E-state index in [2.05, 4.69) is 48.9 Å². The number of aromatic nitrogens is 3. The Morgan fingerprint density at radius 1 is 1.22 bits per heavy atom. The Morgan fingerprint density at radius 3 is 2.39 bits per heavy atom. The fraction of sp³-hybridized carbons (Fsp3) is 0.467. The molecule has 2 rings (SSSR count). The molecule has 2 heterocycles. The molecule has 0 spiro atoms. The summed E-state index contributed by atoms with van der Waals surface area (Å²) in [6.45, 7) is 8.80. The molecule has 0 atom stereocenters. The quantitative estimate of drug-likeness (QED) is 0.743. The van der Waals surface area contributed by atoms with Gasteiger partial charge in [-0.05, 0) is 25.8 Å². The van der Waals surface area contributed by atoms with Crippen molar-refractivity contribution in [2.45, 2.75) is 34.1 Å². The summed E-state index contributed by atoms with van der Waals surface area (Å²) in [4.78, 5) is 4.51. The standard InChI is InChI=1S/C15H22N3/c1-7-13-11(3)10(2)12(4)18(6)14(13)15-16-8-9-17(15)5/h8-9H,7H2,1-6H3/q+1. The molecule has 0 N–H and O–H groups in total. The van der Waals surface area contributed by atoms with E-state index in [1.807, 2.05) is 19.4 Å². The molecule has 0 aromatic carbocycles. The van der Waals surface area contributed by atoms with Gasteiger partial charge >= 0.3 is 0 Å². The third kappa shape index (κ3) is 1.74. The monoisotopic (exact) mass is 244 g/mol. The van der Waals surface area contributed by atoms with Crippen LogP contribution in [-0.2, 0) is 20.5 Å². The van der Waals surface area contributed by atoms with Gasteiger partial charge in [0, 0.05) is 37.5 Å². The van der Waals surface area contributed by atoms with Gasteiger partial charge in [0.1, 0.15) is 7.05 Å². The van der Waals surface area contributed by atoms with Gasteiger partial charge in [0.05, 0.1) is 0 Å². The molecule has 0 amide bonds. The molecular weight excluding hydrogens is 222 g/mol. The lowest BCUT2D eigenvalue weighted by Gasteiger charge is -2.13. The molecule has 0 fully saturated rings. The summed E-state index contributed by atoms with van der Waals surface area (Å²) in [5.74, 6) is 1.04. The molecule has 3 heteroatoms. The van der Waals surface area contributed by atoms with Crippen molar-refractivity contribution in [3.05, 3.63) is 34.8 Å². The van der Waals surface area contributed by atoms with Crippen LogP contribution in [0, 0.1) is 20.8 Å². The molecule has 3 nitrogen and oxygen atoms in total. The first kappa shape index (κ1) is 12.8. The van der Waals surface area contributed by atoms with Gasteiger partial charge in [0.2, 0.25) is 5.82 Å². The highest BCUT2D eigenvalue weighted by molar-refractivity contribution is 5.56. The van der Waals surface area contributed by atoms with Gasteiger partial charge in [-0.15, -0.1) is 0 Å². The minimum atomic E-state index is 1.03. The Kier molecular flexibility index (Phi) is 3.24. The van der Waals surface area contributed by atoms with Crippen molar-refractivity contribution < 1.29 is 4.57 Å². The fourth-order valence-electron chi connectivity index (χ4n) is 2.61. The Morgan fingerprint density at radius 2 is 1.89 bits per heavy atom. The average molecular weight is 244 g/mol. The number of rotatable bonds is 2. The van der Waals surface area contributed by atoms with E-state index in [-0.39, 0.29) is 0 Å². The summed E-state index contributed by atoms with van der Waals surface area (Å²) in [6.07, 6.45) is 4.89. The second-order valence-electron chi connectivity index (χ2n) is 4.94. The fourth-order valence-corrected chi connectivity index (χ4v) is 2.61. The van der Waals surface area contributed by atoms with Crippen LogP contribution in [0.15, 0.2) is 12.4 Å². The van der Waals surface area contributed by atoms with E-state index >= 15 is 0 Å². The van der Waals surface area contributed by atoms with Gasteiger partial charge in [0.25, 0.3) is 5.69 Å². The van der Waals surface area contributed by atoms with Gasteiger partial charge in [-0.25, -0.2) is 4.98 Å². The van der Waals surface area contributed by atoms with Crippen molar-refractivity contribution in [2.24, 2.45) is 14.1 Å². The van der Waals surface area contributed by atoms with Crippen LogP contribution in [0.1, 0.15) is 29.3 Å². The van der Waals surface area contributed by atoms with Crippen molar-refractivity contribution in [2.75, 3.05) is 0 Å². The minimum absolute atomic E-state index is 1.03. The van der Waals surface area contributed by atoms with Crippen LogP contribution in [0.5, 0.6) is 0 Å². The van der Waals surface area contributed by atoms with E-state index in [1.54, 1.807) is 0 Å². The van der Waals surface area contributed by atoms with Crippen LogP contribution in [0.25, 0.3) is 11.5 Å². The molecule has 0 aliphatic carbocycles. The van der Waals surface area contributed by atoms with Crippen LogP contribution in [0.2, 0.25) is 0 Å². The van der Waals surface area contributed by atoms with Crippen LogP contribution in [0.3, 0.4) is 0 Å². The highest BCUT2D eigenvalue weighted by atomic mass is 15.1. The first-order chi connectivity index (χ1) is 8.49. The van der Waals surface area contributed by atoms with Gasteiger partial charge in [-0.3, -0.25) is 0 Å². The molecule has 0 saturated heterocycles. The number of pyridine rings is 1. The van der Waals surface area contributed by atoms with Gasteiger partial charge < -0.3 is 4.57 Å². The predicted molar refractivity (Wildman–Crippen MR) is 73.4 cm³/mol. The van der Waals surface area contributed by atoms with Crippen molar-refractivity contribution >= 4 is 0 Å². The van der Waals surface area contributed by atoms with E-state index in [0.717, 1.165) is 12.2 Å². The highest BCUT2D eigenvalue weighted by Crippen LogP contribution is 2.25. The van der Waals surface area contributed by atoms with Gasteiger partial charge in [0.15, 0.2) is 5.69 Å². The van der Waals surface area contributed by atoms with Crippen molar-refractivity contribution in [3.8, 4) is 11.5 Å². The maximum atomic E-state index is 4.51. The normalized spacial score (nSPS) is 11.0. The third-order valence-electron chi connectivity index (χ3n) is 4.07. The molecular formula is C15H22N3+. The Labute approximate surface area is 109 Å². The van der Waals surface area contributed by atoms with Crippen molar-refractivity contribution in [3.63, 3.8) is 0 Å². The smallest absolute Gasteiger partial charge is 0.252 e. The number of nitrogens with zero attached hydrogens (tertiary/aromatic N) is 3. The lowest BCUT2D eigenvalue weighted by atomic mass is 9.97. The number of hydrogen-bond donors (Lipinski definition) is 0. The van der Waals surface area contributed by atoms with Crippen molar-refractivity contribution in [1.82, 2.24) is 9.55 Å². The summed E-state index contributed by atoms with van der Waals surface area (Å²) >= 11 is 0. The lowest BCUT2D eigenvalue weighted by Crippen LogP contribution is -2.38. The Hall–Kier alpha value is -1.64.